The first kappa shape index (κ1) is 25.3. The minimum atomic E-state index is -0.563. The molecule has 1 aromatic carbocycles. The van der Waals surface area contributed by atoms with Crippen molar-refractivity contribution in [1.82, 2.24) is 15.2 Å². The van der Waals surface area contributed by atoms with Gasteiger partial charge in [0.1, 0.15) is 16.9 Å². The number of aromatic nitrogens is 1. The molecule has 0 fully saturated rings. The highest BCUT2D eigenvalue weighted by Gasteiger charge is 2.20. The molecule has 7 heteroatoms. The fourth-order valence-corrected chi connectivity index (χ4v) is 4.03. The van der Waals surface area contributed by atoms with Gasteiger partial charge in [0.15, 0.2) is 0 Å². The Morgan fingerprint density at radius 3 is 2.41 bits per heavy atom. The average molecular weight is 466 g/mol. The van der Waals surface area contributed by atoms with Crippen molar-refractivity contribution in [2.45, 2.75) is 52.5 Å². The zero-order valence-corrected chi connectivity index (χ0v) is 20.4. The summed E-state index contributed by atoms with van der Waals surface area (Å²) in [6.07, 6.45) is 10.6. The smallest absolute Gasteiger partial charge is 0.256 e. The van der Waals surface area contributed by atoms with Crippen molar-refractivity contribution in [3.63, 3.8) is 0 Å². The molecule has 0 saturated heterocycles. The Balaban J connectivity index is 1.86. The quantitative estimate of drug-likeness (QED) is 0.521. The van der Waals surface area contributed by atoms with Gasteiger partial charge in [0.2, 0.25) is 5.43 Å². The van der Waals surface area contributed by atoms with Crippen molar-refractivity contribution >= 4 is 11.8 Å². The Bertz CT molecular complexity index is 1100. The molecule has 2 amide bonds. The van der Waals surface area contributed by atoms with Gasteiger partial charge in [-0.3, -0.25) is 14.4 Å². The highest BCUT2D eigenvalue weighted by molar-refractivity contribution is 5.99. The van der Waals surface area contributed by atoms with E-state index < -0.39 is 17.2 Å². The topological polar surface area (TPSA) is 89.4 Å². The number of nitrogens with one attached hydrogen (secondary N) is 2. The van der Waals surface area contributed by atoms with Gasteiger partial charge >= 0.3 is 0 Å². The fourth-order valence-electron chi connectivity index (χ4n) is 4.03. The molecule has 1 aromatic heterocycles. The summed E-state index contributed by atoms with van der Waals surface area (Å²) >= 11 is 0. The van der Waals surface area contributed by atoms with Crippen molar-refractivity contribution in [2.24, 2.45) is 5.92 Å². The molecular weight excluding hydrogens is 430 g/mol. The van der Waals surface area contributed by atoms with E-state index in [1.54, 1.807) is 11.7 Å². The minimum Gasteiger partial charge on any atom is -0.496 e. The van der Waals surface area contributed by atoms with Gasteiger partial charge in [0.25, 0.3) is 11.8 Å². The number of benzene rings is 1. The van der Waals surface area contributed by atoms with Gasteiger partial charge in [0.05, 0.1) is 13.7 Å². The lowest BCUT2D eigenvalue weighted by Gasteiger charge is -2.15. The van der Waals surface area contributed by atoms with Crippen molar-refractivity contribution in [1.29, 1.82) is 0 Å². The normalized spacial score (nSPS) is 13.4. The lowest BCUT2D eigenvalue weighted by molar-refractivity contribution is 0.0947. The summed E-state index contributed by atoms with van der Waals surface area (Å²) in [5.41, 5.74) is 1.58. The summed E-state index contributed by atoms with van der Waals surface area (Å²) in [6.45, 7) is 5.20. The van der Waals surface area contributed by atoms with Crippen LogP contribution in [0.15, 0.2) is 53.1 Å². The molecule has 1 aliphatic rings. The van der Waals surface area contributed by atoms with Gasteiger partial charge in [-0.15, -0.1) is 0 Å². The first-order valence-corrected chi connectivity index (χ1v) is 12.0. The lowest BCUT2D eigenvalue weighted by Crippen LogP contribution is -2.36. The zero-order chi connectivity index (χ0) is 24.5. The van der Waals surface area contributed by atoms with Crippen LogP contribution in [0.1, 0.15) is 72.2 Å². The third kappa shape index (κ3) is 6.83. The van der Waals surface area contributed by atoms with Gasteiger partial charge in [-0.05, 0) is 44.1 Å². The molecule has 0 bridgehead atoms. The molecule has 1 aliphatic carbocycles. The molecule has 0 unspecified atom stereocenters. The number of carbonyl (C=O) groups excluding carboxylic acids is 2. The Kier molecular flexibility index (Phi) is 9.08. The van der Waals surface area contributed by atoms with Crippen LogP contribution in [-0.2, 0) is 6.54 Å². The summed E-state index contributed by atoms with van der Waals surface area (Å²) in [5.74, 6) is -0.0118. The number of nitrogens with zero attached hydrogens (tertiary/aromatic N) is 1. The van der Waals surface area contributed by atoms with Crippen molar-refractivity contribution in [3.05, 3.63) is 75.2 Å². The van der Waals surface area contributed by atoms with Crippen LogP contribution in [0, 0.1) is 5.92 Å². The second-order valence-corrected chi connectivity index (χ2v) is 9.12. The average Bonchev–Trinajstić information content (AvgIpc) is 2.84. The lowest BCUT2D eigenvalue weighted by atomic mass is 9.97. The molecule has 0 aliphatic heterocycles. The van der Waals surface area contributed by atoms with Gasteiger partial charge < -0.3 is 19.9 Å². The van der Waals surface area contributed by atoms with E-state index in [-0.39, 0.29) is 17.0 Å². The van der Waals surface area contributed by atoms with Gasteiger partial charge in [-0.1, -0.05) is 43.7 Å². The summed E-state index contributed by atoms with van der Waals surface area (Å²) in [6, 6.07) is 7.53. The highest BCUT2D eigenvalue weighted by Crippen LogP contribution is 2.20. The van der Waals surface area contributed by atoms with E-state index in [1.165, 1.54) is 30.8 Å². The van der Waals surface area contributed by atoms with Crippen LogP contribution in [0.2, 0.25) is 0 Å². The molecule has 3 rings (SSSR count). The van der Waals surface area contributed by atoms with E-state index in [9.17, 15) is 14.4 Å². The predicted octanol–water partition coefficient (Wildman–Crippen LogP) is 3.91. The molecule has 0 spiro atoms. The second-order valence-electron chi connectivity index (χ2n) is 9.12. The number of pyridine rings is 1. The molecule has 0 saturated carbocycles. The number of ether oxygens (including phenoxy) is 1. The zero-order valence-electron chi connectivity index (χ0n) is 20.4. The SMILES string of the molecule is COc1ccccc1Cn1cc(C(=O)NCCC2=CCCCC2)c(=O)c(C(=O)NCC(C)C)c1. The van der Waals surface area contributed by atoms with E-state index >= 15 is 0 Å². The van der Waals surface area contributed by atoms with Crippen molar-refractivity contribution in [3.8, 4) is 5.75 Å². The van der Waals surface area contributed by atoms with Gasteiger partial charge in [-0.2, -0.15) is 0 Å². The first-order valence-electron chi connectivity index (χ1n) is 12.0. The number of hydrogen-bond acceptors (Lipinski definition) is 4. The van der Waals surface area contributed by atoms with Crippen molar-refractivity contribution < 1.29 is 14.3 Å². The number of hydrogen-bond donors (Lipinski definition) is 2. The van der Waals surface area contributed by atoms with Crippen LogP contribution in [0.3, 0.4) is 0 Å². The van der Waals surface area contributed by atoms with E-state index in [1.807, 2.05) is 38.1 Å². The summed E-state index contributed by atoms with van der Waals surface area (Å²) in [7, 11) is 1.59. The Hall–Kier alpha value is -3.35. The summed E-state index contributed by atoms with van der Waals surface area (Å²) in [5, 5.41) is 5.66. The van der Waals surface area contributed by atoms with Crippen LogP contribution in [0.5, 0.6) is 5.75 Å². The maximum absolute atomic E-state index is 13.1. The molecule has 34 heavy (non-hydrogen) atoms. The van der Waals surface area contributed by atoms with Crippen LogP contribution in [0.4, 0.5) is 0 Å². The maximum Gasteiger partial charge on any atom is 0.256 e. The Morgan fingerprint density at radius 2 is 1.76 bits per heavy atom. The largest absolute Gasteiger partial charge is 0.496 e. The van der Waals surface area contributed by atoms with Crippen LogP contribution < -0.4 is 20.8 Å². The van der Waals surface area contributed by atoms with E-state index in [4.69, 9.17) is 4.74 Å². The molecule has 2 aromatic rings. The molecule has 1 heterocycles. The van der Waals surface area contributed by atoms with Crippen LogP contribution in [-0.4, -0.2) is 36.6 Å². The molecule has 182 valence electrons. The van der Waals surface area contributed by atoms with Gasteiger partial charge in [0, 0.05) is 31.0 Å². The molecule has 0 atom stereocenters. The Labute approximate surface area is 201 Å². The number of carbonyl (C=O) groups is 2. The first-order chi connectivity index (χ1) is 16.4. The minimum absolute atomic E-state index is 0.0373. The van der Waals surface area contributed by atoms with Crippen LogP contribution >= 0.6 is 0 Å². The molecule has 2 N–H and O–H groups in total. The molecule has 7 nitrogen and oxygen atoms in total. The highest BCUT2D eigenvalue weighted by atomic mass is 16.5. The monoisotopic (exact) mass is 465 g/mol. The predicted molar refractivity (Wildman–Crippen MR) is 133 cm³/mol. The maximum atomic E-state index is 13.1. The fraction of sp³-hybridized carbons (Fsp3) is 0.444. The molecular formula is C27H35N3O4. The van der Waals surface area contributed by atoms with E-state index in [0.29, 0.717) is 25.4 Å². The van der Waals surface area contributed by atoms with E-state index in [0.717, 1.165) is 24.8 Å². The second kappa shape index (κ2) is 12.2. The number of para-hydroxylation sites is 1. The number of rotatable bonds is 10. The number of amides is 2. The third-order valence-electron chi connectivity index (χ3n) is 5.90. The van der Waals surface area contributed by atoms with Crippen molar-refractivity contribution in [2.75, 3.05) is 20.2 Å². The third-order valence-corrected chi connectivity index (χ3v) is 5.90. The number of methoxy groups -OCH3 is 1. The summed E-state index contributed by atoms with van der Waals surface area (Å²) in [4.78, 5) is 38.9. The number of allylic oxidation sites excluding steroid dienone is 1. The molecule has 0 radical (unpaired) electrons. The standard InChI is InChI=1S/C27H35N3O4/c1-19(2)15-29-27(33)23-18-30(16-21-11-7-8-12-24(21)34-3)17-22(25(23)31)26(32)28-14-13-20-9-5-4-6-10-20/h7-9,11-12,17-19H,4-6,10,13-16H2,1-3H3,(H,28,32)(H,29,33). The van der Waals surface area contributed by atoms with E-state index in [2.05, 4.69) is 16.7 Å². The summed E-state index contributed by atoms with van der Waals surface area (Å²) < 4.78 is 7.13. The van der Waals surface area contributed by atoms with Gasteiger partial charge in [-0.25, -0.2) is 0 Å². The Morgan fingerprint density at radius 1 is 1.06 bits per heavy atom. The van der Waals surface area contributed by atoms with Crippen LogP contribution in [0.25, 0.3) is 0 Å².